The molecule has 0 amide bonds. The SMILES string of the molecule is Cc1[nH]c2ccccc2c1N(C)CC1(CN)COC1. The first-order valence-electron chi connectivity index (χ1n) is 6.71. The molecule has 1 aliphatic heterocycles. The number of hydrogen-bond donors (Lipinski definition) is 2. The molecule has 0 aliphatic carbocycles. The van der Waals surface area contributed by atoms with Gasteiger partial charge in [-0.25, -0.2) is 0 Å². The normalized spacial score (nSPS) is 17.4. The second-order valence-electron chi connectivity index (χ2n) is 5.70. The molecule has 19 heavy (non-hydrogen) atoms. The van der Waals surface area contributed by atoms with Crippen LogP contribution in [0.2, 0.25) is 0 Å². The standard InChI is InChI=1S/C15H21N3O/c1-11-14(12-5-3-4-6-13(12)17-11)18(2)8-15(7-16)9-19-10-15/h3-6,17H,7-10,16H2,1-2H3. The molecular weight excluding hydrogens is 238 g/mol. The number of fused-ring (bicyclic) bond motifs is 1. The molecule has 0 saturated carbocycles. The molecule has 0 radical (unpaired) electrons. The Kier molecular flexibility index (Phi) is 2.99. The Hall–Kier alpha value is -1.52. The predicted octanol–water partition coefficient (Wildman–Crippen LogP) is 1.89. The van der Waals surface area contributed by atoms with E-state index in [1.165, 1.54) is 22.3 Å². The molecule has 3 rings (SSSR count). The largest absolute Gasteiger partial charge is 0.380 e. The van der Waals surface area contributed by atoms with E-state index in [1.807, 2.05) is 0 Å². The number of benzene rings is 1. The number of nitrogens with two attached hydrogens (primary N) is 1. The molecule has 1 aromatic carbocycles. The molecule has 2 aromatic rings. The maximum atomic E-state index is 5.91. The van der Waals surface area contributed by atoms with Gasteiger partial charge in [0.1, 0.15) is 0 Å². The number of hydrogen-bond acceptors (Lipinski definition) is 3. The number of H-pyrrole nitrogens is 1. The summed E-state index contributed by atoms with van der Waals surface area (Å²) in [6.45, 7) is 5.29. The van der Waals surface area contributed by atoms with Crippen molar-refractivity contribution in [1.82, 2.24) is 4.98 Å². The third-order valence-electron chi connectivity index (χ3n) is 4.06. The van der Waals surface area contributed by atoms with Gasteiger partial charge in [0.2, 0.25) is 0 Å². The van der Waals surface area contributed by atoms with E-state index in [0.29, 0.717) is 6.54 Å². The quantitative estimate of drug-likeness (QED) is 0.881. The number of nitrogens with zero attached hydrogens (tertiary/aromatic N) is 1. The van der Waals surface area contributed by atoms with Gasteiger partial charge in [0.05, 0.1) is 18.9 Å². The molecule has 4 heteroatoms. The average Bonchev–Trinajstić information content (AvgIpc) is 2.69. The lowest BCUT2D eigenvalue weighted by molar-refractivity contribution is -0.101. The van der Waals surface area contributed by atoms with Gasteiger partial charge in [-0.2, -0.15) is 0 Å². The summed E-state index contributed by atoms with van der Waals surface area (Å²) in [5.74, 6) is 0. The molecule has 0 unspecified atom stereocenters. The molecule has 1 saturated heterocycles. The van der Waals surface area contributed by atoms with E-state index in [2.05, 4.69) is 48.1 Å². The number of para-hydroxylation sites is 1. The van der Waals surface area contributed by atoms with Gasteiger partial charge >= 0.3 is 0 Å². The molecule has 3 N–H and O–H groups in total. The van der Waals surface area contributed by atoms with Gasteiger partial charge in [0, 0.05) is 42.1 Å². The van der Waals surface area contributed by atoms with Crippen molar-refractivity contribution >= 4 is 16.6 Å². The minimum absolute atomic E-state index is 0.125. The molecular formula is C15H21N3O. The third kappa shape index (κ3) is 2.01. The highest BCUT2D eigenvalue weighted by molar-refractivity contribution is 5.94. The summed E-state index contributed by atoms with van der Waals surface area (Å²) >= 11 is 0. The Morgan fingerprint density at radius 2 is 2.11 bits per heavy atom. The third-order valence-corrected chi connectivity index (χ3v) is 4.06. The van der Waals surface area contributed by atoms with Crippen LogP contribution < -0.4 is 10.6 Å². The van der Waals surface area contributed by atoms with Crippen LogP contribution in [0.1, 0.15) is 5.69 Å². The Bertz CT molecular complexity index is 581. The van der Waals surface area contributed by atoms with Gasteiger partial charge in [-0.1, -0.05) is 18.2 Å². The lowest BCUT2D eigenvalue weighted by Gasteiger charge is -2.43. The zero-order chi connectivity index (χ0) is 13.5. The Labute approximate surface area is 113 Å². The molecule has 1 fully saturated rings. The van der Waals surface area contributed by atoms with E-state index >= 15 is 0 Å². The smallest absolute Gasteiger partial charge is 0.0651 e. The van der Waals surface area contributed by atoms with Gasteiger partial charge in [0.25, 0.3) is 0 Å². The van der Waals surface area contributed by atoms with Crippen LogP contribution in [0.3, 0.4) is 0 Å². The summed E-state index contributed by atoms with van der Waals surface area (Å²) in [5, 5.41) is 1.27. The predicted molar refractivity (Wildman–Crippen MR) is 78.6 cm³/mol. The molecule has 0 atom stereocenters. The average molecular weight is 259 g/mol. The van der Waals surface area contributed by atoms with Crippen LogP contribution in [0.15, 0.2) is 24.3 Å². The van der Waals surface area contributed by atoms with Crippen LogP contribution in [-0.2, 0) is 4.74 Å². The van der Waals surface area contributed by atoms with Crippen molar-refractivity contribution in [2.75, 3.05) is 38.3 Å². The van der Waals surface area contributed by atoms with Crippen molar-refractivity contribution in [3.05, 3.63) is 30.0 Å². The van der Waals surface area contributed by atoms with E-state index < -0.39 is 0 Å². The number of aryl methyl sites for hydroxylation is 1. The van der Waals surface area contributed by atoms with Gasteiger partial charge in [0.15, 0.2) is 0 Å². The van der Waals surface area contributed by atoms with Crippen LogP contribution in [0.25, 0.3) is 10.9 Å². The van der Waals surface area contributed by atoms with Crippen molar-refractivity contribution in [1.29, 1.82) is 0 Å². The number of nitrogens with one attached hydrogen (secondary N) is 1. The molecule has 1 aliphatic rings. The lowest BCUT2D eigenvalue weighted by Crippen LogP contribution is -2.54. The molecule has 0 bridgehead atoms. The zero-order valence-corrected chi connectivity index (χ0v) is 11.6. The zero-order valence-electron chi connectivity index (χ0n) is 11.6. The first-order chi connectivity index (χ1) is 9.15. The maximum Gasteiger partial charge on any atom is 0.0651 e. The fraction of sp³-hybridized carbons (Fsp3) is 0.467. The monoisotopic (exact) mass is 259 g/mol. The van der Waals surface area contributed by atoms with Gasteiger partial charge < -0.3 is 20.4 Å². The summed E-state index contributed by atoms with van der Waals surface area (Å²) < 4.78 is 5.35. The van der Waals surface area contributed by atoms with E-state index in [9.17, 15) is 0 Å². The topological polar surface area (TPSA) is 54.3 Å². The Morgan fingerprint density at radius 3 is 2.74 bits per heavy atom. The number of anilines is 1. The van der Waals surface area contributed by atoms with Crippen molar-refractivity contribution in [2.45, 2.75) is 6.92 Å². The van der Waals surface area contributed by atoms with E-state index in [4.69, 9.17) is 10.5 Å². The van der Waals surface area contributed by atoms with Crippen LogP contribution >= 0.6 is 0 Å². The highest BCUT2D eigenvalue weighted by Crippen LogP contribution is 2.34. The number of ether oxygens (including phenoxy) is 1. The fourth-order valence-electron chi connectivity index (χ4n) is 3.00. The number of aromatic amines is 1. The maximum absolute atomic E-state index is 5.91. The van der Waals surface area contributed by atoms with Gasteiger partial charge in [-0.15, -0.1) is 0 Å². The molecule has 0 spiro atoms. The van der Waals surface area contributed by atoms with Crippen LogP contribution in [0, 0.1) is 12.3 Å². The fourth-order valence-corrected chi connectivity index (χ4v) is 3.00. The first kappa shape index (κ1) is 12.5. The van der Waals surface area contributed by atoms with E-state index in [0.717, 1.165) is 19.8 Å². The van der Waals surface area contributed by atoms with E-state index in [1.54, 1.807) is 0 Å². The Balaban J connectivity index is 1.93. The second-order valence-corrected chi connectivity index (χ2v) is 5.70. The van der Waals surface area contributed by atoms with Crippen LogP contribution in [0.4, 0.5) is 5.69 Å². The van der Waals surface area contributed by atoms with Crippen LogP contribution in [-0.4, -0.2) is 38.3 Å². The minimum Gasteiger partial charge on any atom is -0.380 e. The molecule has 4 nitrogen and oxygen atoms in total. The minimum atomic E-state index is 0.125. The molecule has 2 heterocycles. The summed E-state index contributed by atoms with van der Waals surface area (Å²) in [5.41, 5.74) is 9.70. The first-order valence-corrected chi connectivity index (χ1v) is 6.71. The summed E-state index contributed by atoms with van der Waals surface area (Å²) in [6, 6.07) is 8.42. The van der Waals surface area contributed by atoms with Gasteiger partial charge in [-0.05, 0) is 13.0 Å². The Morgan fingerprint density at radius 1 is 1.37 bits per heavy atom. The van der Waals surface area contributed by atoms with E-state index in [-0.39, 0.29) is 5.41 Å². The number of rotatable bonds is 4. The summed E-state index contributed by atoms with van der Waals surface area (Å²) in [4.78, 5) is 5.75. The molecule has 102 valence electrons. The second kappa shape index (κ2) is 4.54. The summed E-state index contributed by atoms with van der Waals surface area (Å²) in [6.07, 6.45) is 0. The van der Waals surface area contributed by atoms with Crippen molar-refractivity contribution in [3.8, 4) is 0 Å². The number of aromatic nitrogens is 1. The van der Waals surface area contributed by atoms with Crippen molar-refractivity contribution in [3.63, 3.8) is 0 Å². The van der Waals surface area contributed by atoms with Crippen molar-refractivity contribution < 1.29 is 4.74 Å². The highest BCUT2D eigenvalue weighted by Gasteiger charge is 2.38. The molecule has 1 aromatic heterocycles. The lowest BCUT2D eigenvalue weighted by atomic mass is 9.85. The van der Waals surface area contributed by atoms with Crippen LogP contribution in [0.5, 0.6) is 0 Å². The van der Waals surface area contributed by atoms with Crippen molar-refractivity contribution in [2.24, 2.45) is 11.1 Å². The summed E-state index contributed by atoms with van der Waals surface area (Å²) in [7, 11) is 2.14. The van der Waals surface area contributed by atoms with Gasteiger partial charge in [-0.3, -0.25) is 0 Å². The highest BCUT2D eigenvalue weighted by atomic mass is 16.5.